The number of aromatic nitrogens is 2. The molecular formula is C16H17N3O. The first-order chi connectivity index (χ1) is 9.67. The second kappa shape index (κ2) is 4.89. The van der Waals surface area contributed by atoms with E-state index in [0.29, 0.717) is 0 Å². The van der Waals surface area contributed by atoms with Crippen LogP contribution in [0.25, 0.3) is 5.65 Å². The van der Waals surface area contributed by atoms with E-state index in [1.807, 2.05) is 47.9 Å². The van der Waals surface area contributed by atoms with Crippen LogP contribution in [-0.2, 0) is 6.42 Å². The Hall–Kier alpha value is -2.49. The van der Waals surface area contributed by atoms with E-state index >= 15 is 0 Å². The van der Waals surface area contributed by atoms with Crippen molar-refractivity contribution in [2.75, 3.05) is 12.8 Å². The average molecular weight is 267 g/mol. The highest BCUT2D eigenvalue weighted by atomic mass is 16.5. The SMILES string of the molecule is COc1cccc(Cc2cn3c(C)c(N)ccc3n2)c1. The van der Waals surface area contributed by atoms with Crippen molar-refractivity contribution in [3.05, 3.63) is 59.5 Å². The minimum Gasteiger partial charge on any atom is -0.497 e. The Labute approximate surface area is 117 Å². The third-order valence-corrected chi connectivity index (χ3v) is 3.49. The molecule has 2 heterocycles. The molecule has 0 aliphatic carbocycles. The lowest BCUT2D eigenvalue weighted by Crippen LogP contribution is -1.96. The van der Waals surface area contributed by atoms with Gasteiger partial charge in [-0.25, -0.2) is 4.98 Å². The minimum atomic E-state index is 0.776. The molecule has 0 spiro atoms. The van der Waals surface area contributed by atoms with E-state index in [1.54, 1.807) is 7.11 Å². The van der Waals surface area contributed by atoms with Crippen LogP contribution in [-0.4, -0.2) is 16.5 Å². The first-order valence-corrected chi connectivity index (χ1v) is 6.53. The van der Waals surface area contributed by atoms with Gasteiger partial charge in [0.1, 0.15) is 11.4 Å². The smallest absolute Gasteiger partial charge is 0.137 e. The third-order valence-electron chi connectivity index (χ3n) is 3.49. The van der Waals surface area contributed by atoms with Gasteiger partial charge >= 0.3 is 0 Å². The van der Waals surface area contributed by atoms with E-state index < -0.39 is 0 Å². The predicted octanol–water partition coefficient (Wildman–Crippen LogP) is 2.82. The zero-order chi connectivity index (χ0) is 14.1. The van der Waals surface area contributed by atoms with Crippen LogP contribution in [0.15, 0.2) is 42.6 Å². The molecule has 0 bridgehead atoms. The molecule has 0 saturated carbocycles. The topological polar surface area (TPSA) is 52.5 Å². The van der Waals surface area contributed by atoms with Crippen molar-refractivity contribution in [2.45, 2.75) is 13.3 Å². The van der Waals surface area contributed by atoms with Crippen molar-refractivity contribution < 1.29 is 4.74 Å². The Morgan fingerprint density at radius 1 is 1.25 bits per heavy atom. The van der Waals surface area contributed by atoms with Crippen LogP contribution in [0.4, 0.5) is 5.69 Å². The van der Waals surface area contributed by atoms with Crippen molar-refractivity contribution >= 4 is 11.3 Å². The van der Waals surface area contributed by atoms with E-state index in [9.17, 15) is 0 Å². The number of hydrogen-bond acceptors (Lipinski definition) is 3. The Morgan fingerprint density at radius 2 is 2.10 bits per heavy atom. The first-order valence-electron chi connectivity index (χ1n) is 6.53. The van der Waals surface area contributed by atoms with Crippen LogP contribution < -0.4 is 10.5 Å². The molecule has 102 valence electrons. The molecule has 0 radical (unpaired) electrons. The Morgan fingerprint density at radius 3 is 2.90 bits per heavy atom. The predicted molar refractivity (Wildman–Crippen MR) is 80.1 cm³/mol. The monoisotopic (exact) mass is 267 g/mol. The molecule has 0 atom stereocenters. The fourth-order valence-corrected chi connectivity index (χ4v) is 2.33. The molecular weight excluding hydrogens is 250 g/mol. The quantitative estimate of drug-likeness (QED) is 0.794. The molecule has 0 amide bonds. The van der Waals surface area contributed by atoms with Gasteiger partial charge in [-0.2, -0.15) is 0 Å². The molecule has 4 nitrogen and oxygen atoms in total. The standard InChI is InChI=1S/C16H17N3O/c1-11-15(17)6-7-16-18-13(10-19(11)16)8-12-4-3-5-14(9-12)20-2/h3-7,9-10H,8,17H2,1-2H3. The van der Waals surface area contributed by atoms with Gasteiger partial charge in [-0.3, -0.25) is 0 Å². The second-order valence-corrected chi connectivity index (χ2v) is 4.86. The van der Waals surface area contributed by atoms with Gasteiger partial charge < -0.3 is 14.9 Å². The number of imidazole rings is 1. The lowest BCUT2D eigenvalue weighted by atomic mass is 10.1. The number of aryl methyl sites for hydroxylation is 1. The first kappa shape index (κ1) is 12.5. The summed E-state index contributed by atoms with van der Waals surface area (Å²) in [4.78, 5) is 4.63. The molecule has 3 rings (SSSR count). The molecule has 0 fully saturated rings. The van der Waals surface area contributed by atoms with E-state index in [1.165, 1.54) is 5.56 Å². The maximum Gasteiger partial charge on any atom is 0.137 e. The number of nitrogen functional groups attached to an aromatic ring is 1. The highest BCUT2D eigenvalue weighted by Crippen LogP contribution is 2.18. The fraction of sp³-hybridized carbons (Fsp3) is 0.188. The second-order valence-electron chi connectivity index (χ2n) is 4.86. The highest BCUT2D eigenvalue weighted by Gasteiger charge is 2.06. The van der Waals surface area contributed by atoms with Crippen LogP contribution in [0.3, 0.4) is 0 Å². The van der Waals surface area contributed by atoms with E-state index in [4.69, 9.17) is 10.5 Å². The molecule has 0 aliphatic rings. The van der Waals surface area contributed by atoms with Gasteiger partial charge in [-0.1, -0.05) is 12.1 Å². The van der Waals surface area contributed by atoms with Crippen LogP contribution in [0, 0.1) is 6.92 Å². The number of pyridine rings is 1. The Balaban J connectivity index is 1.96. The molecule has 4 heteroatoms. The summed E-state index contributed by atoms with van der Waals surface area (Å²) in [5.41, 5.74) is 10.8. The van der Waals surface area contributed by atoms with Crippen LogP contribution in [0.2, 0.25) is 0 Å². The summed E-state index contributed by atoms with van der Waals surface area (Å²) < 4.78 is 7.28. The molecule has 2 aromatic heterocycles. The van der Waals surface area contributed by atoms with Crippen molar-refractivity contribution in [3.8, 4) is 5.75 Å². The van der Waals surface area contributed by atoms with E-state index in [0.717, 1.165) is 34.9 Å². The maximum absolute atomic E-state index is 5.92. The van der Waals surface area contributed by atoms with Crippen LogP contribution >= 0.6 is 0 Å². The van der Waals surface area contributed by atoms with Gasteiger partial charge in [-0.15, -0.1) is 0 Å². The Bertz CT molecular complexity index is 762. The van der Waals surface area contributed by atoms with E-state index in [2.05, 4.69) is 11.1 Å². The number of nitrogens with zero attached hydrogens (tertiary/aromatic N) is 2. The molecule has 2 N–H and O–H groups in total. The van der Waals surface area contributed by atoms with Crippen molar-refractivity contribution in [2.24, 2.45) is 0 Å². The summed E-state index contributed by atoms with van der Waals surface area (Å²) in [6.45, 7) is 2.00. The summed E-state index contributed by atoms with van der Waals surface area (Å²) >= 11 is 0. The summed E-state index contributed by atoms with van der Waals surface area (Å²) in [5.74, 6) is 0.867. The van der Waals surface area contributed by atoms with Gasteiger partial charge in [0.15, 0.2) is 0 Å². The van der Waals surface area contributed by atoms with Gasteiger partial charge in [0.25, 0.3) is 0 Å². The summed E-state index contributed by atoms with van der Waals surface area (Å²) in [6.07, 6.45) is 2.82. The fourth-order valence-electron chi connectivity index (χ4n) is 2.33. The van der Waals surface area contributed by atoms with Gasteiger partial charge in [0.2, 0.25) is 0 Å². The molecule has 3 aromatic rings. The number of rotatable bonds is 3. The zero-order valence-electron chi connectivity index (χ0n) is 11.6. The van der Waals surface area contributed by atoms with Gasteiger partial charge in [-0.05, 0) is 36.8 Å². The number of methoxy groups -OCH3 is 1. The van der Waals surface area contributed by atoms with Gasteiger partial charge in [0, 0.05) is 18.3 Å². The molecule has 0 saturated heterocycles. The highest BCUT2D eigenvalue weighted by molar-refractivity contribution is 5.53. The van der Waals surface area contributed by atoms with Crippen LogP contribution in [0.1, 0.15) is 17.0 Å². The normalized spacial score (nSPS) is 10.9. The molecule has 20 heavy (non-hydrogen) atoms. The summed E-state index contributed by atoms with van der Waals surface area (Å²) in [7, 11) is 1.68. The van der Waals surface area contributed by atoms with Crippen LogP contribution in [0.5, 0.6) is 5.75 Å². The largest absolute Gasteiger partial charge is 0.497 e. The van der Waals surface area contributed by atoms with Gasteiger partial charge in [0.05, 0.1) is 18.5 Å². The molecule has 0 aliphatic heterocycles. The molecule has 1 aromatic carbocycles. The summed E-state index contributed by atoms with van der Waals surface area (Å²) in [6, 6.07) is 11.9. The number of benzene rings is 1. The number of anilines is 1. The van der Waals surface area contributed by atoms with Crippen molar-refractivity contribution in [3.63, 3.8) is 0 Å². The number of hydrogen-bond donors (Lipinski definition) is 1. The average Bonchev–Trinajstić information content (AvgIpc) is 2.87. The molecule has 0 unspecified atom stereocenters. The zero-order valence-corrected chi connectivity index (χ0v) is 11.6. The van der Waals surface area contributed by atoms with E-state index in [-0.39, 0.29) is 0 Å². The maximum atomic E-state index is 5.92. The van der Waals surface area contributed by atoms with Crippen molar-refractivity contribution in [1.82, 2.24) is 9.38 Å². The third kappa shape index (κ3) is 2.20. The summed E-state index contributed by atoms with van der Waals surface area (Å²) in [5, 5.41) is 0. The number of ether oxygens (including phenoxy) is 1. The van der Waals surface area contributed by atoms with Crippen molar-refractivity contribution in [1.29, 1.82) is 0 Å². The lowest BCUT2D eigenvalue weighted by molar-refractivity contribution is 0.414. The number of nitrogens with two attached hydrogens (primary N) is 1. The number of fused-ring (bicyclic) bond motifs is 1. The minimum absolute atomic E-state index is 0.776. The lowest BCUT2D eigenvalue weighted by Gasteiger charge is -2.02. The Kier molecular flexibility index (Phi) is 3.06.